The summed E-state index contributed by atoms with van der Waals surface area (Å²) in [5.41, 5.74) is 0. The minimum Gasteiger partial charge on any atom is -0.444 e. The van der Waals surface area contributed by atoms with Gasteiger partial charge in [0.2, 0.25) is 0 Å². The highest BCUT2D eigenvalue weighted by Crippen LogP contribution is 2.38. The second-order valence-corrected chi connectivity index (χ2v) is 5.12. The molecule has 112 valence electrons. The fraction of sp³-hybridized carbons (Fsp3) is 0.857. The number of hydrogen-bond donors (Lipinski definition) is 1. The Morgan fingerprint density at radius 2 is 1.74 bits per heavy atom. The molecule has 0 aromatic carbocycles. The molecular formula is C7H7F5O6S. The first-order valence-corrected chi connectivity index (χ1v) is 6.01. The molecule has 0 spiro atoms. The summed E-state index contributed by atoms with van der Waals surface area (Å²) in [6, 6.07) is 0. The zero-order valence-corrected chi connectivity index (χ0v) is 9.67. The number of carbonyl (C=O) groups is 1. The van der Waals surface area contributed by atoms with Crippen molar-refractivity contribution in [1.29, 1.82) is 0 Å². The van der Waals surface area contributed by atoms with Gasteiger partial charge in [0.1, 0.15) is 5.92 Å². The van der Waals surface area contributed by atoms with Gasteiger partial charge in [-0.2, -0.15) is 30.4 Å². The molecule has 1 heterocycles. The topological polar surface area (TPSA) is 89.9 Å². The van der Waals surface area contributed by atoms with Crippen molar-refractivity contribution in [2.45, 2.75) is 17.5 Å². The Morgan fingerprint density at radius 3 is 2.00 bits per heavy atom. The summed E-state index contributed by atoms with van der Waals surface area (Å²) < 4.78 is 99.5. The summed E-state index contributed by atoms with van der Waals surface area (Å²) >= 11 is 0. The minimum atomic E-state index is -6.41. The van der Waals surface area contributed by atoms with E-state index < -0.39 is 39.5 Å². The van der Waals surface area contributed by atoms with Crippen molar-refractivity contribution in [1.82, 2.24) is 0 Å². The number of halogens is 5. The third kappa shape index (κ3) is 3.30. The highest BCUT2D eigenvalue weighted by molar-refractivity contribution is 7.86. The first kappa shape index (κ1) is 16.0. The predicted octanol–water partition coefficient (Wildman–Crippen LogP) is 0.588. The molecule has 0 aromatic heterocycles. The molecule has 1 saturated heterocycles. The van der Waals surface area contributed by atoms with Crippen LogP contribution in [0.2, 0.25) is 0 Å². The first-order chi connectivity index (χ1) is 8.37. The smallest absolute Gasteiger partial charge is 0.432 e. The molecule has 1 rings (SSSR count). The Labute approximate surface area is 103 Å². The van der Waals surface area contributed by atoms with Crippen LogP contribution in [0.15, 0.2) is 0 Å². The van der Waals surface area contributed by atoms with E-state index in [0.717, 1.165) is 0 Å². The predicted molar refractivity (Wildman–Crippen MR) is 46.7 cm³/mol. The molecule has 0 radical (unpaired) electrons. The highest BCUT2D eigenvalue weighted by atomic mass is 32.2. The number of rotatable bonds is 4. The Bertz CT molecular complexity index is 453. The summed E-state index contributed by atoms with van der Waals surface area (Å²) in [6.07, 6.45) is -10.2. The van der Waals surface area contributed by atoms with Crippen molar-refractivity contribution < 1.29 is 49.2 Å². The van der Waals surface area contributed by atoms with E-state index in [1.807, 2.05) is 0 Å². The van der Waals surface area contributed by atoms with Crippen molar-refractivity contribution >= 4 is 16.1 Å². The van der Waals surface area contributed by atoms with Gasteiger partial charge in [-0.25, -0.2) is 0 Å². The molecule has 1 unspecified atom stereocenters. The zero-order chi connectivity index (χ0) is 15.1. The van der Waals surface area contributed by atoms with Crippen LogP contribution in [0, 0.1) is 5.92 Å². The second kappa shape index (κ2) is 4.83. The van der Waals surface area contributed by atoms with Gasteiger partial charge < -0.3 is 9.47 Å². The van der Waals surface area contributed by atoms with Crippen LogP contribution in [0.5, 0.6) is 0 Å². The maximum Gasteiger partial charge on any atom is 0.432 e. The molecule has 1 aliphatic heterocycles. The van der Waals surface area contributed by atoms with Crippen LogP contribution in [0.3, 0.4) is 0 Å². The molecule has 6 nitrogen and oxygen atoms in total. The van der Waals surface area contributed by atoms with Gasteiger partial charge in [-0.3, -0.25) is 9.35 Å². The van der Waals surface area contributed by atoms with E-state index in [4.69, 9.17) is 4.55 Å². The van der Waals surface area contributed by atoms with E-state index in [0.29, 0.717) is 0 Å². The summed E-state index contributed by atoms with van der Waals surface area (Å²) in [6.45, 7) is -0.637. The Balaban J connectivity index is 2.99. The van der Waals surface area contributed by atoms with E-state index in [9.17, 15) is 35.2 Å². The van der Waals surface area contributed by atoms with Crippen molar-refractivity contribution in [2.24, 2.45) is 5.92 Å². The third-order valence-corrected chi connectivity index (χ3v) is 3.05. The van der Waals surface area contributed by atoms with E-state index in [1.165, 1.54) is 0 Å². The van der Waals surface area contributed by atoms with Gasteiger partial charge >= 0.3 is 27.5 Å². The molecule has 1 fully saturated rings. The number of esters is 1. The van der Waals surface area contributed by atoms with Gasteiger partial charge in [0.15, 0.2) is 0 Å². The summed E-state index contributed by atoms with van der Waals surface area (Å²) in [5.74, 6) is -2.86. The van der Waals surface area contributed by atoms with Crippen LogP contribution < -0.4 is 0 Å². The summed E-state index contributed by atoms with van der Waals surface area (Å²) in [4.78, 5) is 11.0. The van der Waals surface area contributed by atoms with Crippen molar-refractivity contribution in [3.8, 4) is 0 Å². The van der Waals surface area contributed by atoms with Gasteiger partial charge in [0.05, 0.1) is 13.2 Å². The lowest BCUT2D eigenvalue weighted by molar-refractivity contribution is -0.263. The van der Waals surface area contributed by atoms with Crippen LogP contribution in [0.25, 0.3) is 0 Å². The molecule has 1 atom stereocenters. The lowest BCUT2D eigenvalue weighted by atomic mass is 10.1. The van der Waals surface area contributed by atoms with Gasteiger partial charge in [-0.05, 0) is 0 Å². The number of carbonyl (C=O) groups excluding carboxylic acids is 1. The van der Waals surface area contributed by atoms with Crippen LogP contribution in [-0.2, 0) is 24.4 Å². The number of alkyl halides is 5. The SMILES string of the molecule is O=C(OC(C(F)(F)F)C(F)(F)S(=O)(=O)O)C1COC1. The number of hydrogen-bond acceptors (Lipinski definition) is 5. The van der Waals surface area contributed by atoms with Crippen LogP contribution >= 0.6 is 0 Å². The minimum absolute atomic E-state index is 0.319. The monoisotopic (exact) mass is 314 g/mol. The summed E-state index contributed by atoms with van der Waals surface area (Å²) in [5, 5.41) is -5.70. The van der Waals surface area contributed by atoms with Crippen LogP contribution in [0.1, 0.15) is 0 Å². The van der Waals surface area contributed by atoms with Crippen molar-refractivity contribution in [2.75, 3.05) is 13.2 Å². The maximum atomic E-state index is 13.0. The quantitative estimate of drug-likeness (QED) is 0.464. The molecule has 0 amide bonds. The van der Waals surface area contributed by atoms with E-state index in [1.54, 1.807) is 0 Å². The molecule has 1 N–H and O–H groups in total. The molecule has 12 heteroatoms. The van der Waals surface area contributed by atoms with Crippen molar-refractivity contribution in [3.63, 3.8) is 0 Å². The van der Waals surface area contributed by atoms with Crippen LogP contribution in [-0.4, -0.2) is 49.7 Å². The third-order valence-electron chi connectivity index (χ3n) is 2.15. The fourth-order valence-corrected chi connectivity index (χ4v) is 1.50. The lowest BCUT2D eigenvalue weighted by Crippen LogP contribution is -2.53. The van der Waals surface area contributed by atoms with E-state index in [-0.39, 0.29) is 13.2 Å². The molecule has 19 heavy (non-hydrogen) atoms. The van der Waals surface area contributed by atoms with Gasteiger partial charge in [-0.15, -0.1) is 0 Å². The number of ether oxygens (including phenoxy) is 2. The lowest BCUT2D eigenvalue weighted by Gasteiger charge is -2.30. The second-order valence-electron chi connectivity index (χ2n) is 3.63. The molecular weight excluding hydrogens is 307 g/mol. The maximum absolute atomic E-state index is 13.0. The Kier molecular flexibility index (Phi) is 4.08. The van der Waals surface area contributed by atoms with Crippen LogP contribution in [0.4, 0.5) is 22.0 Å². The molecule has 1 aliphatic rings. The average molecular weight is 314 g/mol. The molecule has 0 saturated carbocycles. The highest BCUT2D eigenvalue weighted by Gasteiger charge is 2.66. The van der Waals surface area contributed by atoms with Gasteiger partial charge in [0, 0.05) is 0 Å². The average Bonchev–Trinajstić information content (AvgIpc) is 2.06. The zero-order valence-electron chi connectivity index (χ0n) is 8.86. The van der Waals surface area contributed by atoms with E-state index >= 15 is 0 Å². The van der Waals surface area contributed by atoms with Gasteiger partial charge in [-0.1, -0.05) is 0 Å². The van der Waals surface area contributed by atoms with Crippen molar-refractivity contribution in [3.05, 3.63) is 0 Å². The Morgan fingerprint density at radius 1 is 1.26 bits per heavy atom. The molecule has 0 aromatic rings. The Hall–Kier alpha value is -1.01. The molecule has 0 bridgehead atoms. The fourth-order valence-electron chi connectivity index (χ4n) is 1.05. The largest absolute Gasteiger partial charge is 0.444 e. The standard InChI is InChI=1S/C7H7F5O6S/c8-6(9,10)5(7(11,12)19(14,15)16)18-4(13)3-1-17-2-3/h3,5H,1-2H2,(H,14,15,16). The van der Waals surface area contributed by atoms with Gasteiger partial charge in [0.25, 0.3) is 6.10 Å². The summed E-state index contributed by atoms with van der Waals surface area (Å²) in [7, 11) is -6.41. The normalized spacial score (nSPS) is 19.7. The first-order valence-electron chi connectivity index (χ1n) is 4.57. The molecule has 0 aliphatic carbocycles. The van der Waals surface area contributed by atoms with E-state index in [2.05, 4.69) is 9.47 Å².